The number of aliphatic hydroxyl groups excluding tert-OH is 1. The Balaban J connectivity index is 1.11. The first-order chi connectivity index (χ1) is 19.5. The molecule has 0 spiro atoms. The number of anilines is 3. The van der Waals surface area contributed by atoms with Crippen molar-refractivity contribution in [2.45, 2.75) is 57.3 Å². The van der Waals surface area contributed by atoms with Crippen LogP contribution in [0.15, 0.2) is 30.6 Å². The van der Waals surface area contributed by atoms with E-state index in [0.717, 1.165) is 86.0 Å². The minimum atomic E-state index is -0.453. The number of thiophene rings is 1. The van der Waals surface area contributed by atoms with Crippen molar-refractivity contribution >= 4 is 45.7 Å². The Morgan fingerprint density at radius 3 is 2.90 bits per heavy atom. The summed E-state index contributed by atoms with van der Waals surface area (Å²) in [5.74, 6) is 1.52. The second kappa shape index (κ2) is 10.4. The van der Waals surface area contributed by atoms with Crippen molar-refractivity contribution in [1.82, 2.24) is 34.9 Å². The molecular formula is C28H33N9O2S. The fourth-order valence-corrected chi connectivity index (χ4v) is 7.16. The number of pyridine rings is 1. The normalized spacial score (nSPS) is 21.2. The Hall–Kier alpha value is -3.61. The fraction of sp³-hybridized carbons (Fsp3) is 0.464. The van der Waals surface area contributed by atoms with E-state index in [1.165, 1.54) is 17.0 Å². The molecular weight excluding hydrogens is 526 g/mol. The summed E-state index contributed by atoms with van der Waals surface area (Å²) in [7, 11) is 2.12. The van der Waals surface area contributed by atoms with Crippen LogP contribution in [0.25, 0.3) is 11.2 Å². The summed E-state index contributed by atoms with van der Waals surface area (Å²) < 4.78 is 2.06. The van der Waals surface area contributed by atoms with Gasteiger partial charge in [0, 0.05) is 61.6 Å². The maximum absolute atomic E-state index is 13.2. The fourth-order valence-electron chi connectivity index (χ4n) is 6.00. The highest BCUT2D eigenvalue weighted by Crippen LogP contribution is 2.36. The molecule has 1 fully saturated rings. The van der Waals surface area contributed by atoms with E-state index in [1.807, 2.05) is 12.1 Å². The first kappa shape index (κ1) is 25.4. The molecule has 1 amide bonds. The molecule has 0 radical (unpaired) electrons. The number of amides is 1. The number of fused-ring (bicyclic) bond motifs is 3. The summed E-state index contributed by atoms with van der Waals surface area (Å²) in [4.78, 5) is 33.4. The topological polar surface area (TPSA) is 124 Å². The van der Waals surface area contributed by atoms with Gasteiger partial charge in [-0.25, -0.2) is 15.0 Å². The number of rotatable bonds is 5. The predicted molar refractivity (Wildman–Crippen MR) is 154 cm³/mol. The van der Waals surface area contributed by atoms with Crippen molar-refractivity contribution in [3.63, 3.8) is 0 Å². The Kier molecular flexibility index (Phi) is 6.60. The van der Waals surface area contributed by atoms with Gasteiger partial charge in [-0.15, -0.1) is 11.3 Å². The molecule has 0 saturated carbocycles. The lowest BCUT2D eigenvalue weighted by atomic mass is 9.96. The van der Waals surface area contributed by atoms with E-state index >= 15 is 0 Å². The van der Waals surface area contributed by atoms with Crippen LogP contribution in [-0.4, -0.2) is 73.4 Å². The summed E-state index contributed by atoms with van der Waals surface area (Å²) in [5.41, 5.74) is 4.18. The molecule has 208 valence electrons. The zero-order chi connectivity index (χ0) is 27.2. The SMILES string of the molecule is CN1CCn2nc(Nc3cc(N4CCC[C@H](NC(=O)c5cc6c(s5)CCCC6O)C4)nc4nccnc34)cc2C1. The van der Waals surface area contributed by atoms with Crippen LogP contribution in [0.4, 0.5) is 17.3 Å². The number of aryl methyl sites for hydroxylation is 1. The van der Waals surface area contributed by atoms with Crippen LogP contribution < -0.4 is 15.5 Å². The molecule has 12 heteroatoms. The van der Waals surface area contributed by atoms with Crippen LogP contribution in [0.5, 0.6) is 0 Å². The van der Waals surface area contributed by atoms with E-state index in [4.69, 9.17) is 10.1 Å². The summed E-state index contributed by atoms with van der Waals surface area (Å²) in [6.07, 6.45) is 7.40. The monoisotopic (exact) mass is 559 g/mol. The molecule has 1 unspecified atom stereocenters. The summed E-state index contributed by atoms with van der Waals surface area (Å²) in [6.45, 7) is 4.21. The molecule has 0 bridgehead atoms. The number of nitrogens with one attached hydrogen (secondary N) is 2. The predicted octanol–water partition coefficient (Wildman–Crippen LogP) is 3.24. The van der Waals surface area contributed by atoms with Crippen molar-refractivity contribution < 1.29 is 9.90 Å². The van der Waals surface area contributed by atoms with Gasteiger partial charge in [0.2, 0.25) is 0 Å². The van der Waals surface area contributed by atoms with E-state index in [2.05, 4.69) is 48.2 Å². The van der Waals surface area contributed by atoms with Crippen molar-refractivity contribution in [2.75, 3.05) is 36.9 Å². The molecule has 11 nitrogen and oxygen atoms in total. The third-order valence-corrected chi connectivity index (χ3v) is 9.28. The Labute approximate surface area is 236 Å². The molecule has 4 aromatic rings. The second-order valence-electron chi connectivity index (χ2n) is 11.0. The van der Waals surface area contributed by atoms with Gasteiger partial charge in [0.25, 0.3) is 5.91 Å². The lowest BCUT2D eigenvalue weighted by Gasteiger charge is -2.34. The maximum atomic E-state index is 13.2. The van der Waals surface area contributed by atoms with Gasteiger partial charge in [0.05, 0.1) is 28.9 Å². The zero-order valence-corrected chi connectivity index (χ0v) is 23.3. The van der Waals surface area contributed by atoms with Gasteiger partial charge < -0.3 is 20.6 Å². The van der Waals surface area contributed by atoms with Crippen molar-refractivity contribution in [3.8, 4) is 0 Å². The van der Waals surface area contributed by atoms with Crippen molar-refractivity contribution in [1.29, 1.82) is 0 Å². The third kappa shape index (κ3) is 4.91. The number of carbonyl (C=O) groups is 1. The molecule has 1 aliphatic carbocycles. The number of hydrogen-bond acceptors (Lipinski definition) is 10. The summed E-state index contributed by atoms with van der Waals surface area (Å²) in [5, 5.41) is 21.8. The average molecular weight is 560 g/mol. The summed E-state index contributed by atoms with van der Waals surface area (Å²) in [6, 6.07) is 5.98. The van der Waals surface area contributed by atoms with Gasteiger partial charge in [-0.1, -0.05) is 0 Å². The van der Waals surface area contributed by atoms with Gasteiger partial charge >= 0.3 is 0 Å². The first-order valence-electron chi connectivity index (χ1n) is 14.0. The number of aromatic nitrogens is 5. The molecule has 2 atom stereocenters. The molecule has 3 aliphatic rings. The Morgan fingerprint density at radius 1 is 1.10 bits per heavy atom. The number of carbonyl (C=O) groups excluding carboxylic acids is 1. The third-order valence-electron chi connectivity index (χ3n) is 8.07. The second-order valence-corrected chi connectivity index (χ2v) is 12.2. The molecule has 1 saturated heterocycles. The van der Waals surface area contributed by atoms with Crippen LogP contribution in [-0.2, 0) is 19.5 Å². The average Bonchev–Trinajstić information content (AvgIpc) is 3.58. The van der Waals surface area contributed by atoms with E-state index < -0.39 is 6.10 Å². The number of likely N-dealkylation sites (N-methyl/N-ethyl adjacent to an activating group) is 1. The standard InChI is InChI=1S/C28H33N9O2S/c1-35-10-11-37-18(16-35)12-24(34-37)32-20-14-25(33-27-26(20)29-7-8-30-27)36-9-3-4-17(15-36)31-28(39)23-13-19-21(38)5-2-6-22(19)40-23/h7-8,12-14,17,21,38H,2-6,9-11,15-16H2,1H3,(H,31,39)(H,30,32,33,34)/t17-,21?/m0/s1. The minimum absolute atomic E-state index is 0.00193. The largest absolute Gasteiger partial charge is 0.388 e. The molecule has 2 aliphatic heterocycles. The number of aliphatic hydroxyl groups is 1. The van der Waals surface area contributed by atoms with Gasteiger partial charge in [-0.3, -0.25) is 14.4 Å². The lowest BCUT2D eigenvalue weighted by Crippen LogP contribution is -2.48. The number of hydrogen-bond donors (Lipinski definition) is 3. The number of nitrogens with zero attached hydrogens (tertiary/aromatic N) is 7. The highest BCUT2D eigenvalue weighted by Gasteiger charge is 2.27. The lowest BCUT2D eigenvalue weighted by molar-refractivity contribution is 0.0937. The van der Waals surface area contributed by atoms with E-state index in [0.29, 0.717) is 22.6 Å². The van der Waals surface area contributed by atoms with Gasteiger partial charge in [-0.2, -0.15) is 5.10 Å². The zero-order valence-electron chi connectivity index (χ0n) is 22.5. The molecule has 4 aromatic heterocycles. The van der Waals surface area contributed by atoms with Crippen molar-refractivity contribution in [2.24, 2.45) is 0 Å². The molecule has 0 aromatic carbocycles. The Bertz CT molecular complexity index is 1570. The molecule has 6 heterocycles. The van der Waals surface area contributed by atoms with E-state index in [-0.39, 0.29) is 11.9 Å². The molecule has 40 heavy (non-hydrogen) atoms. The summed E-state index contributed by atoms with van der Waals surface area (Å²) >= 11 is 1.52. The highest BCUT2D eigenvalue weighted by atomic mass is 32.1. The van der Waals surface area contributed by atoms with Crippen LogP contribution in [0.2, 0.25) is 0 Å². The minimum Gasteiger partial charge on any atom is -0.388 e. The van der Waals surface area contributed by atoms with E-state index in [1.54, 1.807) is 12.4 Å². The highest BCUT2D eigenvalue weighted by molar-refractivity contribution is 7.14. The van der Waals surface area contributed by atoms with Crippen LogP contribution in [0.3, 0.4) is 0 Å². The smallest absolute Gasteiger partial charge is 0.261 e. The van der Waals surface area contributed by atoms with Crippen molar-refractivity contribution in [3.05, 3.63) is 51.6 Å². The van der Waals surface area contributed by atoms with E-state index in [9.17, 15) is 9.90 Å². The van der Waals surface area contributed by atoms with Crippen LogP contribution in [0.1, 0.15) is 57.6 Å². The maximum Gasteiger partial charge on any atom is 0.261 e. The number of piperidine rings is 1. The first-order valence-corrected chi connectivity index (χ1v) is 14.8. The Morgan fingerprint density at radius 2 is 2.00 bits per heavy atom. The van der Waals surface area contributed by atoms with Crippen LogP contribution in [0, 0.1) is 0 Å². The van der Waals surface area contributed by atoms with Gasteiger partial charge in [-0.05, 0) is 50.8 Å². The molecule has 3 N–H and O–H groups in total. The van der Waals surface area contributed by atoms with Gasteiger partial charge in [0.15, 0.2) is 11.5 Å². The quantitative estimate of drug-likeness (QED) is 0.338. The van der Waals surface area contributed by atoms with Crippen LogP contribution >= 0.6 is 11.3 Å². The molecule has 7 rings (SSSR count). The van der Waals surface area contributed by atoms with Gasteiger partial charge in [0.1, 0.15) is 11.3 Å².